The van der Waals surface area contributed by atoms with Crippen molar-refractivity contribution in [1.82, 2.24) is 4.90 Å². The molecule has 17 heavy (non-hydrogen) atoms. The third kappa shape index (κ3) is 4.61. The lowest BCUT2D eigenvalue weighted by molar-refractivity contribution is -0.144. The number of rotatable bonds is 6. The molecule has 0 aromatic carbocycles. The number of morpholine rings is 1. The minimum Gasteiger partial charge on any atom is -0.381 e. The fourth-order valence-electron chi connectivity index (χ4n) is 1.86. The molecule has 1 aliphatic rings. The largest absolute Gasteiger partial charge is 0.381 e. The van der Waals surface area contributed by atoms with Crippen LogP contribution in [0.15, 0.2) is 0 Å². The predicted molar refractivity (Wildman–Crippen MR) is 65.7 cm³/mol. The number of amides is 1. The molecule has 1 rings (SSSR count). The van der Waals surface area contributed by atoms with Crippen LogP contribution in [0.4, 0.5) is 0 Å². The van der Waals surface area contributed by atoms with Crippen molar-refractivity contribution in [1.29, 1.82) is 0 Å². The van der Waals surface area contributed by atoms with Gasteiger partial charge in [-0.2, -0.15) is 0 Å². The maximum Gasteiger partial charge on any atom is 0.225 e. The van der Waals surface area contributed by atoms with Gasteiger partial charge in [-0.15, -0.1) is 0 Å². The molecule has 0 aliphatic carbocycles. The number of nitrogens with two attached hydrogens (primary N) is 1. The van der Waals surface area contributed by atoms with E-state index in [2.05, 4.69) is 6.92 Å². The lowest BCUT2D eigenvalue weighted by atomic mass is 10.2. The van der Waals surface area contributed by atoms with Crippen molar-refractivity contribution in [2.45, 2.75) is 38.8 Å². The highest BCUT2D eigenvalue weighted by atomic mass is 16.5. The van der Waals surface area contributed by atoms with Crippen LogP contribution in [0.25, 0.3) is 0 Å². The van der Waals surface area contributed by atoms with E-state index in [1.54, 1.807) is 0 Å². The molecule has 0 spiro atoms. The zero-order chi connectivity index (χ0) is 12.7. The summed E-state index contributed by atoms with van der Waals surface area (Å²) in [6.45, 7) is 6.91. The normalized spacial score (nSPS) is 25.0. The van der Waals surface area contributed by atoms with Gasteiger partial charge in [0.25, 0.3) is 0 Å². The first-order valence-electron chi connectivity index (χ1n) is 6.37. The molecule has 0 saturated carbocycles. The van der Waals surface area contributed by atoms with Gasteiger partial charge < -0.3 is 20.1 Å². The topological polar surface area (TPSA) is 64.8 Å². The molecule has 5 nitrogen and oxygen atoms in total. The molecule has 5 heteroatoms. The Bertz CT molecular complexity index is 236. The van der Waals surface area contributed by atoms with Gasteiger partial charge >= 0.3 is 0 Å². The molecule has 0 bridgehead atoms. The van der Waals surface area contributed by atoms with Crippen LogP contribution >= 0.6 is 0 Å². The van der Waals surface area contributed by atoms with Crippen LogP contribution < -0.4 is 5.73 Å². The van der Waals surface area contributed by atoms with Crippen LogP contribution in [0.5, 0.6) is 0 Å². The molecule has 100 valence electrons. The van der Waals surface area contributed by atoms with Gasteiger partial charge in [0.15, 0.2) is 0 Å². The summed E-state index contributed by atoms with van der Waals surface area (Å²) in [6, 6.07) is 0.136. The molecule has 1 fully saturated rings. The van der Waals surface area contributed by atoms with Gasteiger partial charge in [0.1, 0.15) is 0 Å². The van der Waals surface area contributed by atoms with Gasteiger partial charge in [0.05, 0.1) is 31.8 Å². The lowest BCUT2D eigenvalue weighted by Crippen LogP contribution is -2.53. The monoisotopic (exact) mass is 244 g/mol. The van der Waals surface area contributed by atoms with E-state index in [9.17, 15) is 4.79 Å². The highest BCUT2D eigenvalue weighted by Gasteiger charge is 2.28. The van der Waals surface area contributed by atoms with Crippen molar-refractivity contribution in [3.8, 4) is 0 Å². The van der Waals surface area contributed by atoms with E-state index in [1.165, 1.54) is 0 Å². The van der Waals surface area contributed by atoms with Crippen LogP contribution in [0, 0.1) is 0 Å². The first-order valence-corrected chi connectivity index (χ1v) is 6.37. The number of carbonyl (C=O) groups is 1. The van der Waals surface area contributed by atoms with Crippen molar-refractivity contribution in [2.75, 3.05) is 32.9 Å². The second-order valence-electron chi connectivity index (χ2n) is 4.45. The van der Waals surface area contributed by atoms with Crippen LogP contribution in [0.2, 0.25) is 0 Å². The van der Waals surface area contributed by atoms with Crippen molar-refractivity contribution >= 4 is 5.91 Å². The van der Waals surface area contributed by atoms with Crippen LogP contribution in [-0.2, 0) is 14.3 Å². The van der Waals surface area contributed by atoms with Gasteiger partial charge in [0, 0.05) is 19.7 Å². The summed E-state index contributed by atoms with van der Waals surface area (Å²) < 4.78 is 10.8. The zero-order valence-electron chi connectivity index (χ0n) is 10.9. The molecular weight excluding hydrogens is 220 g/mol. The Hall–Kier alpha value is -0.650. The molecule has 1 saturated heterocycles. The number of nitrogens with zero attached hydrogens (tertiary/aromatic N) is 1. The van der Waals surface area contributed by atoms with Crippen LogP contribution in [-0.4, -0.2) is 55.9 Å². The Labute approximate surface area is 103 Å². The summed E-state index contributed by atoms with van der Waals surface area (Å²) in [5, 5.41) is 0. The van der Waals surface area contributed by atoms with E-state index in [-0.39, 0.29) is 18.1 Å². The van der Waals surface area contributed by atoms with Crippen LogP contribution in [0.3, 0.4) is 0 Å². The third-order valence-electron chi connectivity index (χ3n) is 2.90. The van der Waals surface area contributed by atoms with E-state index >= 15 is 0 Å². The highest BCUT2D eigenvalue weighted by Crippen LogP contribution is 2.12. The minimum atomic E-state index is -0.0216. The van der Waals surface area contributed by atoms with Gasteiger partial charge in [-0.3, -0.25) is 4.79 Å². The van der Waals surface area contributed by atoms with E-state index in [1.807, 2.05) is 11.8 Å². The molecule has 0 aromatic heterocycles. The number of hydrogen-bond donors (Lipinski definition) is 1. The summed E-state index contributed by atoms with van der Waals surface area (Å²) in [4.78, 5) is 13.8. The van der Waals surface area contributed by atoms with Crippen molar-refractivity contribution < 1.29 is 14.3 Å². The second kappa shape index (κ2) is 7.63. The van der Waals surface area contributed by atoms with Gasteiger partial charge in [-0.05, 0) is 13.3 Å². The van der Waals surface area contributed by atoms with E-state index < -0.39 is 0 Å². The zero-order valence-corrected chi connectivity index (χ0v) is 10.9. The summed E-state index contributed by atoms with van der Waals surface area (Å²) >= 11 is 0. The Balaban J connectivity index is 2.32. The van der Waals surface area contributed by atoms with Gasteiger partial charge in [-0.1, -0.05) is 6.92 Å². The predicted octanol–water partition coefficient (Wildman–Crippen LogP) is 0.378. The maximum atomic E-state index is 12.0. The average Bonchev–Trinajstić information content (AvgIpc) is 2.35. The number of hydrogen-bond acceptors (Lipinski definition) is 4. The van der Waals surface area contributed by atoms with E-state index in [4.69, 9.17) is 15.2 Å². The lowest BCUT2D eigenvalue weighted by Gasteiger charge is -2.37. The number of ether oxygens (including phenoxy) is 2. The molecule has 0 aromatic rings. The Morgan fingerprint density at radius 3 is 2.94 bits per heavy atom. The smallest absolute Gasteiger partial charge is 0.225 e. The molecule has 1 aliphatic heterocycles. The van der Waals surface area contributed by atoms with Crippen LogP contribution in [0.1, 0.15) is 26.7 Å². The molecule has 1 amide bonds. The van der Waals surface area contributed by atoms with E-state index in [0.29, 0.717) is 32.7 Å². The molecule has 2 unspecified atom stereocenters. The Morgan fingerprint density at radius 2 is 2.29 bits per heavy atom. The second-order valence-corrected chi connectivity index (χ2v) is 4.45. The maximum absolute atomic E-state index is 12.0. The fraction of sp³-hybridized carbons (Fsp3) is 0.917. The van der Waals surface area contributed by atoms with Crippen molar-refractivity contribution in [3.05, 3.63) is 0 Å². The molecule has 0 radical (unpaired) electrons. The highest BCUT2D eigenvalue weighted by molar-refractivity contribution is 5.76. The van der Waals surface area contributed by atoms with Gasteiger partial charge in [0.2, 0.25) is 5.91 Å². The molecule has 1 heterocycles. The number of carbonyl (C=O) groups excluding carboxylic acids is 1. The summed E-state index contributed by atoms with van der Waals surface area (Å²) in [5.41, 5.74) is 5.56. The van der Waals surface area contributed by atoms with Crippen molar-refractivity contribution in [3.63, 3.8) is 0 Å². The summed E-state index contributed by atoms with van der Waals surface area (Å²) in [5.74, 6) is 0.135. The third-order valence-corrected chi connectivity index (χ3v) is 2.90. The molecular formula is C12H24N2O3. The Kier molecular flexibility index (Phi) is 6.47. The van der Waals surface area contributed by atoms with Gasteiger partial charge in [-0.25, -0.2) is 0 Å². The SMILES string of the molecule is CCCOCCC(=O)N1CC(CN)OCC1C. The Morgan fingerprint density at radius 1 is 1.53 bits per heavy atom. The quantitative estimate of drug-likeness (QED) is 0.686. The average molecular weight is 244 g/mol. The summed E-state index contributed by atoms with van der Waals surface area (Å²) in [6.07, 6.45) is 1.41. The molecule has 2 N–H and O–H groups in total. The fourth-order valence-corrected chi connectivity index (χ4v) is 1.86. The summed E-state index contributed by atoms with van der Waals surface area (Å²) in [7, 11) is 0. The molecule has 2 atom stereocenters. The minimum absolute atomic E-state index is 0.0216. The standard InChI is InChI=1S/C12H24N2O3/c1-3-5-16-6-4-12(15)14-8-11(7-13)17-9-10(14)2/h10-11H,3-9,13H2,1-2H3. The van der Waals surface area contributed by atoms with E-state index in [0.717, 1.165) is 13.0 Å². The van der Waals surface area contributed by atoms with Crippen molar-refractivity contribution in [2.24, 2.45) is 5.73 Å². The first-order chi connectivity index (χ1) is 8.19. The first kappa shape index (κ1) is 14.4.